The lowest BCUT2D eigenvalue weighted by atomic mass is 10.1. The quantitative estimate of drug-likeness (QED) is 0.853. The van der Waals surface area contributed by atoms with E-state index < -0.39 is 0 Å². The van der Waals surface area contributed by atoms with Gasteiger partial charge in [0.1, 0.15) is 0 Å². The Hall–Kier alpha value is -2.50. The highest BCUT2D eigenvalue weighted by Gasteiger charge is 2.16. The third-order valence-electron chi connectivity index (χ3n) is 3.92. The molecule has 1 aromatic carbocycles. The van der Waals surface area contributed by atoms with Gasteiger partial charge in [-0.2, -0.15) is 0 Å². The fraction of sp³-hybridized carbons (Fsp3) is 0.412. The van der Waals surface area contributed by atoms with Gasteiger partial charge in [-0.1, -0.05) is 19.4 Å². The zero-order chi connectivity index (χ0) is 16.1. The maximum atomic E-state index is 12.2. The minimum absolute atomic E-state index is 0.0369. The number of nitrogens with one attached hydrogen (secondary N) is 1. The zero-order valence-electron chi connectivity index (χ0n) is 13.2. The normalized spacial score (nSPS) is 13.8. The van der Waals surface area contributed by atoms with Crippen molar-refractivity contribution in [2.24, 2.45) is 0 Å². The molecule has 122 valence electrons. The van der Waals surface area contributed by atoms with Gasteiger partial charge < -0.3 is 19.4 Å². The van der Waals surface area contributed by atoms with E-state index in [-0.39, 0.29) is 18.7 Å². The molecule has 0 saturated heterocycles. The number of amides is 1. The molecule has 1 N–H and O–H groups in total. The van der Waals surface area contributed by atoms with Crippen LogP contribution in [-0.4, -0.2) is 22.3 Å². The van der Waals surface area contributed by atoms with Crippen LogP contribution in [0.2, 0.25) is 0 Å². The van der Waals surface area contributed by atoms with Crippen LogP contribution < -0.4 is 14.8 Å². The molecule has 0 bridgehead atoms. The number of carbonyl (C=O) groups is 1. The SMILES string of the molecule is CCC[C@H](CC(=O)NCc1ccc2c(c1)OCO2)n1ccnc1. The van der Waals surface area contributed by atoms with Gasteiger partial charge in [-0.15, -0.1) is 0 Å². The van der Waals surface area contributed by atoms with Crippen LogP contribution in [0.25, 0.3) is 0 Å². The Labute approximate surface area is 135 Å². The fourth-order valence-corrected chi connectivity index (χ4v) is 2.71. The van der Waals surface area contributed by atoms with Crippen LogP contribution in [0.4, 0.5) is 0 Å². The lowest BCUT2D eigenvalue weighted by Gasteiger charge is -2.17. The molecule has 23 heavy (non-hydrogen) atoms. The number of aromatic nitrogens is 2. The van der Waals surface area contributed by atoms with E-state index in [2.05, 4.69) is 17.2 Å². The second-order valence-electron chi connectivity index (χ2n) is 5.62. The molecule has 1 atom stereocenters. The van der Waals surface area contributed by atoms with Gasteiger partial charge in [0, 0.05) is 31.4 Å². The molecule has 1 aromatic heterocycles. The zero-order valence-corrected chi connectivity index (χ0v) is 13.2. The van der Waals surface area contributed by atoms with Gasteiger partial charge >= 0.3 is 0 Å². The second-order valence-corrected chi connectivity index (χ2v) is 5.62. The monoisotopic (exact) mass is 315 g/mol. The predicted molar refractivity (Wildman–Crippen MR) is 85.2 cm³/mol. The molecule has 0 radical (unpaired) electrons. The highest BCUT2D eigenvalue weighted by Crippen LogP contribution is 2.32. The number of benzene rings is 1. The topological polar surface area (TPSA) is 65.4 Å². The minimum Gasteiger partial charge on any atom is -0.454 e. The van der Waals surface area contributed by atoms with E-state index in [4.69, 9.17) is 9.47 Å². The van der Waals surface area contributed by atoms with Crippen LogP contribution in [0.5, 0.6) is 11.5 Å². The van der Waals surface area contributed by atoms with E-state index >= 15 is 0 Å². The summed E-state index contributed by atoms with van der Waals surface area (Å²) < 4.78 is 12.6. The van der Waals surface area contributed by atoms with Gasteiger partial charge in [0.2, 0.25) is 12.7 Å². The Balaban J connectivity index is 1.54. The van der Waals surface area contributed by atoms with Crippen molar-refractivity contribution in [2.45, 2.75) is 38.8 Å². The number of hydrogen-bond acceptors (Lipinski definition) is 4. The largest absolute Gasteiger partial charge is 0.454 e. The van der Waals surface area contributed by atoms with Gasteiger partial charge in [0.25, 0.3) is 0 Å². The third kappa shape index (κ3) is 3.83. The van der Waals surface area contributed by atoms with E-state index in [1.165, 1.54) is 0 Å². The van der Waals surface area contributed by atoms with Crippen LogP contribution in [0.15, 0.2) is 36.9 Å². The molecule has 0 saturated carbocycles. The molecule has 6 heteroatoms. The van der Waals surface area contributed by atoms with E-state index in [0.29, 0.717) is 13.0 Å². The van der Waals surface area contributed by atoms with Gasteiger partial charge in [0.05, 0.1) is 6.33 Å². The average molecular weight is 315 g/mol. The van der Waals surface area contributed by atoms with Crippen molar-refractivity contribution in [1.82, 2.24) is 14.9 Å². The molecule has 2 heterocycles. The highest BCUT2D eigenvalue weighted by molar-refractivity contribution is 5.76. The Kier molecular flexibility index (Phi) is 4.80. The minimum atomic E-state index is 0.0369. The fourth-order valence-electron chi connectivity index (χ4n) is 2.71. The van der Waals surface area contributed by atoms with E-state index in [1.54, 1.807) is 12.5 Å². The summed E-state index contributed by atoms with van der Waals surface area (Å²) in [6.45, 7) is 2.86. The highest BCUT2D eigenvalue weighted by atomic mass is 16.7. The maximum absolute atomic E-state index is 12.2. The molecule has 1 amide bonds. The van der Waals surface area contributed by atoms with Crippen molar-refractivity contribution in [3.8, 4) is 11.5 Å². The number of ether oxygens (including phenoxy) is 2. The third-order valence-corrected chi connectivity index (χ3v) is 3.92. The number of nitrogens with zero attached hydrogens (tertiary/aromatic N) is 2. The lowest BCUT2D eigenvalue weighted by Crippen LogP contribution is -2.26. The van der Waals surface area contributed by atoms with Crippen LogP contribution in [-0.2, 0) is 11.3 Å². The maximum Gasteiger partial charge on any atom is 0.231 e. The van der Waals surface area contributed by atoms with E-state index in [9.17, 15) is 4.79 Å². The number of hydrogen-bond donors (Lipinski definition) is 1. The van der Waals surface area contributed by atoms with Crippen LogP contribution in [0.3, 0.4) is 0 Å². The van der Waals surface area contributed by atoms with Crippen LogP contribution in [0, 0.1) is 0 Å². The molecule has 1 aliphatic heterocycles. The second kappa shape index (κ2) is 7.17. The van der Waals surface area contributed by atoms with Crippen LogP contribution in [0.1, 0.15) is 37.8 Å². The van der Waals surface area contributed by atoms with E-state index in [0.717, 1.165) is 29.9 Å². The summed E-state index contributed by atoms with van der Waals surface area (Å²) in [5.41, 5.74) is 0.997. The molecule has 0 unspecified atom stereocenters. The molecule has 0 fully saturated rings. The first-order valence-corrected chi connectivity index (χ1v) is 7.89. The smallest absolute Gasteiger partial charge is 0.231 e. The molecule has 0 aliphatic carbocycles. The number of fused-ring (bicyclic) bond motifs is 1. The average Bonchev–Trinajstić information content (AvgIpc) is 3.23. The van der Waals surface area contributed by atoms with Crippen molar-refractivity contribution in [2.75, 3.05) is 6.79 Å². The first kappa shape index (κ1) is 15.4. The summed E-state index contributed by atoms with van der Waals surface area (Å²) in [5.74, 6) is 1.53. The molecular weight excluding hydrogens is 294 g/mol. The summed E-state index contributed by atoms with van der Waals surface area (Å²) >= 11 is 0. The Morgan fingerprint density at radius 3 is 3.04 bits per heavy atom. The molecule has 2 aromatic rings. The van der Waals surface area contributed by atoms with Gasteiger partial charge in [-0.3, -0.25) is 4.79 Å². The Morgan fingerprint density at radius 1 is 1.39 bits per heavy atom. The molecule has 0 spiro atoms. The number of rotatable bonds is 7. The molecule has 3 rings (SSSR count). The predicted octanol–water partition coefficient (Wildman–Crippen LogP) is 2.66. The van der Waals surface area contributed by atoms with E-state index in [1.807, 2.05) is 29.0 Å². The molecular formula is C17H21N3O3. The summed E-state index contributed by atoms with van der Waals surface area (Å²) in [6.07, 6.45) is 7.85. The van der Waals surface area contributed by atoms with Crippen molar-refractivity contribution < 1.29 is 14.3 Å². The summed E-state index contributed by atoms with van der Waals surface area (Å²) in [4.78, 5) is 16.3. The van der Waals surface area contributed by atoms with Gasteiger partial charge in [0.15, 0.2) is 11.5 Å². The van der Waals surface area contributed by atoms with Crippen molar-refractivity contribution in [3.05, 3.63) is 42.5 Å². The molecule has 6 nitrogen and oxygen atoms in total. The number of imidazole rings is 1. The van der Waals surface area contributed by atoms with Crippen molar-refractivity contribution in [3.63, 3.8) is 0 Å². The molecule has 1 aliphatic rings. The number of carbonyl (C=O) groups excluding carboxylic acids is 1. The van der Waals surface area contributed by atoms with Gasteiger partial charge in [-0.05, 0) is 24.1 Å². The van der Waals surface area contributed by atoms with Gasteiger partial charge in [-0.25, -0.2) is 4.98 Å². The Bertz CT molecular complexity index is 655. The standard InChI is InChI=1S/C17H21N3O3/c1-2-3-14(20-7-6-18-11-20)9-17(21)19-10-13-4-5-15-16(8-13)23-12-22-15/h4-8,11,14H,2-3,9-10,12H2,1H3,(H,19,21)/t14-/m1/s1. The van der Waals surface area contributed by atoms with Crippen molar-refractivity contribution >= 4 is 5.91 Å². The summed E-state index contributed by atoms with van der Waals surface area (Å²) in [7, 11) is 0. The Morgan fingerprint density at radius 2 is 2.26 bits per heavy atom. The first-order valence-electron chi connectivity index (χ1n) is 7.89. The summed E-state index contributed by atoms with van der Waals surface area (Å²) in [5, 5.41) is 2.97. The van der Waals surface area contributed by atoms with Crippen molar-refractivity contribution in [1.29, 1.82) is 0 Å². The first-order chi connectivity index (χ1) is 11.3. The summed E-state index contributed by atoms with van der Waals surface area (Å²) in [6, 6.07) is 5.86. The lowest BCUT2D eigenvalue weighted by molar-refractivity contribution is -0.122. The van der Waals surface area contributed by atoms with Crippen LogP contribution >= 0.6 is 0 Å².